The van der Waals surface area contributed by atoms with Crippen LogP contribution in [0, 0.1) is 0 Å². The van der Waals surface area contributed by atoms with Gasteiger partial charge in [0.25, 0.3) is 0 Å². The van der Waals surface area contributed by atoms with Crippen molar-refractivity contribution in [2.45, 2.75) is 20.8 Å². The van der Waals surface area contributed by atoms with Crippen LogP contribution in [0.2, 0.25) is 0 Å². The van der Waals surface area contributed by atoms with E-state index >= 15 is 0 Å². The van der Waals surface area contributed by atoms with Gasteiger partial charge in [-0.25, -0.2) is 13.2 Å². The predicted octanol–water partition coefficient (Wildman–Crippen LogP) is 3.46. The van der Waals surface area contributed by atoms with E-state index in [2.05, 4.69) is 0 Å². The highest BCUT2D eigenvalue weighted by Gasteiger charge is 2.06. The van der Waals surface area contributed by atoms with Crippen LogP contribution in [0.3, 0.4) is 0 Å². The van der Waals surface area contributed by atoms with Crippen molar-refractivity contribution in [3.8, 4) is 0 Å². The minimum absolute atomic E-state index is 0.0486. The average molecular weight is 164 g/mol. The van der Waals surface area contributed by atoms with Crippen molar-refractivity contribution in [3.63, 3.8) is 0 Å². The Morgan fingerprint density at radius 1 is 1.09 bits per heavy atom. The summed E-state index contributed by atoms with van der Waals surface area (Å²) in [6, 6.07) is 0. The molecule has 11 heavy (non-hydrogen) atoms. The molecule has 64 valence electrons. The second-order valence-corrected chi connectivity index (χ2v) is 2.39. The number of alkyl halides is 1. The van der Waals surface area contributed by atoms with Crippen molar-refractivity contribution >= 4 is 0 Å². The molecule has 0 aliphatic carbocycles. The van der Waals surface area contributed by atoms with Gasteiger partial charge in [-0.15, -0.1) is 0 Å². The molecular weight excluding hydrogens is 153 g/mol. The molecule has 0 aliphatic heterocycles. The van der Waals surface area contributed by atoms with Crippen LogP contribution in [-0.4, -0.2) is 6.67 Å². The molecule has 0 aromatic carbocycles. The molecular formula is C8H11F3. The van der Waals surface area contributed by atoms with Gasteiger partial charge in [-0.3, -0.25) is 0 Å². The number of rotatable bonds is 2. The van der Waals surface area contributed by atoms with Crippen molar-refractivity contribution in [2.75, 3.05) is 6.67 Å². The van der Waals surface area contributed by atoms with Crippen molar-refractivity contribution in [1.82, 2.24) is 0 Å². The second-order valence-electron chi connectivity index (χ2n) is 2.39. The largest absolute Gasteiger partial charge is 0.246 e. The molecule has 0 aliphatic rings. The molecule has 0 rings (SSSR count). The summed E-state index contributed by atoms with van der Waals surface area (Å²) in [6.07, 6.45) is 0. The zero-order valence-electron chi connectivity index (χ0n) is 6.84. The van der Waals surface area contributed by atoms with E-state index in [0.29, 0.717) is 0 Å². The van der Waals surface area contributed by atoms with Gasteiger partial charge in [0.1, 0.15) is 12.5 Å². The molecule has 0 saturated heterocycles. The van der Waals surface area contributed by atoms with Crippen LogP contribution >= 0.6 is 0 Å². The summed E-state index contributed by atoms with van der Waals surface area (Å²) < 4.78 is 36.7. The number of halogens is 3. The summed E-state index contributed by atoms with van der Waals surface area (Å²) in [5, 5.41) is 0. The fourth-order valence-corrected chi connectivity index (χ4v) is 0.546. The summed E-state index contributed by atoms with van der Waals surface area (Å²) >= 11 is 0. The maximum Gasteiger partial charge on any atom is 0.157 e. The first kappa shape index (κ1) is 10.3. The molecule has 0 spiro atoms. The predicted molar refractivity (Wildman–Crippen MR) is 39.3 cm³/mol. The molecule has 0 bridgehead atoms. The minimum atomic E-state index is -0.958. The summed E-state index contributed by atoms with van der Waals surface area (Å²) in [5.74, 6) is -1.87. The van der Waals surface area contributed by atoms with Gasteiger partial charge in [0.15, 0.2) is 5.83 Å². The maximum absolute atomic E-state index is 12.6. The Balaban J connectivity index is 4.75. The Labute approximate surface area is 64.4 Å². The summed E-state index contributed by atoms with van der Waals surface area (Å²) in [7, 11) is 0. The third-order valence-corrected chi connectivity index (χ3v) is 1.47. The fourth-order valence-electron chi connectivity index (χ4n) is 0.546. The van der Waals surface area contributed by atoms with E-state index in [-0.39, 0.29) is 11.1 Å². The molecule has 0 N–H and O–H groups in total. The summed E-state index contributed by atoms with van der Waals surface area (Å²) in [4.78, 5) is 0. The Bertz CT molecular complexity index is 197. The van der Waals surface area contributed by atoms with Gasteiger partial charge in [0.05, 0.1) is 0 Å². The second kappa shape index (κ2) is 4.21. The molecule has 0 atom stereocenters. The Morgan fingerprint density at radius 2 is 1.55 bits per heavy atom. The first-order chi connectivity index (χ1) is 5.00. The number of hydrogen-bond acceptors (Lipinski definition) is 0. The van der Waals surface area contributed by atoms with Gasteiger partial charge in [-0.05, 0) is 31.9 Å². The average Bonchev–Trinajstić information content (AvgIpc) is 2.00. The third-order valence-electron chi connectivity index (χ3n) is 1.47. The van der Waals surface area contributed by atoms with E-state index in [0.717, 1.165) is 6.92 Å². The van der Waals surface area contributed by atoms with Gasteiger partial charge < -0.3 is 0 Å². The number of hydrogen-bond donors (Lipinski definition) is 0. The fraction of sp³-hybridized carbons (Fsp3) is 0.500. The zero-order chi connectivity index (χ0) is 9.02. The first-order valence-electron chi connectivity index (χ1n) is 3.25. The van der Waals surface area contributed by atoms with Crippen molar-refractivity contribution in [2.24, 2.45) is 0 Å². The van der Waals surface area contributed by atoms with E-state index in [1.165, 1.54) is 13.8 Å². The molecule has 0 aromatic heterocycles. The van der Waals surface area contributed by atoms with Crippen LogP contribution in [0.1, 0.15) is 20.8 Å². The van der Waals surface area contributed by atoms with E-state index in [1.54, 1.807) is 0 Å². The molecule has 0 amide bonds. The quantitative estimate of drug-likeness (QED) is 0.548. The molecule has 0 radical (unpaired) electrons. The van der Waals surface area contributed by atoms with Crippen LogP contribution in [0.25, 0.3) is 0 Å². The van der Waals surface area contributed by atoms with Gasteiger partial charge in [0, 0.05) is 0 Å². The molecule has 0 saturated carbocycles. The smallest absolute Gasteiger partial charge is 0.157 e. The monoisotopic (exact) mass is 164 g/mol. The van der Waals surface area contributed by atoms with Crippen LogP contribution < -0.4 is 0 Å². The van der Waals surface area contributed by atoms with E-state index in [9.17, 15) is 13.2 Å². The Kier molecular flexibility index (Phi) is 3.93. The molecule has 0 unspecified atom stereocenters. The van der Waals surface area contributed by atoms with Gasteiger partial charge in [-0.1, -0.05) is 0 Å². The third kappa shape index (κ3) is 2.78. The summed E-state index contributed by atoms with van der Waals surface area (Å²) in [6.45, 7) is 3.04. The molecule has 0 nitrogen and oxygen atoms in total. The van der Waals surface area contributed by atoms with Crippen molar-refractivity contribution < 1.29 is 13.2 Å². The lowest BCUT2D eigenvalue weighted by atomic mass is 10.1. The highest BCUT2D eigenvalue weighted by molar-refractivity contribution is 5.29. The Morgan fingerprint density at radius 3 is 1.82 bits per heavy atom. The molecule has 0 fully saturated rings. The Hall–Kier alpha value is -0.730. The van der Waals surface area contributed by atoms with Gasteiger partial charge >= 0.3 is 0 Å². The lowest BCUT2D eigenvalue weighted by molar-refractivity contribution is 0.524. The highest BCUT2D eigenvalue weighted by Crippen LogP contribution is 2.19. The van der Waals surface area contributed by atoms with Crippen LogP contribution in [0.4, 0.5) is 13.2 Å². The normalized spacial score (nSPS) is 15.8. The standard InChI is InChI=1S/C8H11F3/c1-5(4-9)6(2)8(11)7(3)10/h4H2,1-3H3/b6-5-,8-7-. The van der Waals surface area contributed by atoms with Crippen molar-refractivity contribution in [1.29, 1.82) is 0 Å². The minimum Gasteiger partial charge on any atom is -0.246 e. The summed E-state index contributed by atoms with van der Waals surface area (Å²) in [5.41, 5.74) is 0.270. The van der Waals surface area contributed by atoms with Gasteiger partial charge in [0.2, 0.25) is 0 Å². The van der Waals surface area contributed by atoms with Crippen LogP contribution in [0.5, 0.6) is 0 Å². The van der Waals surface area contributed by atoms with E-state index < -0.39 is 18.3 Å². The molecule has 3 heteroatoms. The highest BCUT2D eigenvalue weighted by atomic mass is 19.2. The topological polar surface area (TPSA) is 0 Å². The van der Waals surface area contributed by atoms with Crippen molar-refractivity contribution in [3.05, 3.63) is 22.8 Å². The first-order valence-corrected chi connectivity index (χ1v) is 3.25. The van der Waals surface area contributed by atoms with Crippen LogP contribution in [0.15, 0.2) is 22.8 Å². The molecule has 0 heterocycles. The SMILES string of the molecule is C/C(F)=C(F)\C(C)=C(\C)CF. The van der Waals surface area contributed by atoms with E-state index in [4.69, 9.17) is 0 Å². The maximum atomic E-state index is 12.6. The lowest BCUT2D eigenvalue weighted by Gasteiger charge is -2.00. The zero-order valence-corrected chi connectivity index (χ0v) is 6.84. The van der Waals surface area contributed by atoms with Gasteiger partial charge in [-0.2, -0.15) is 0 Å². The van der Waals surface area contributed by atoms with Crippen LogP contribution in [-0.2, 0) is 0 Å². The van der Waals surface area contributed by atoms with E-state index in [1.807, 2.05) is 0 Å². The lowest BCUT2D eigenvalue weighted by Crippen LogP contribution is -1.88. The number of allylic oxidation sites excluding steroid dienone is 4. The molecule has 0 aromatic rings.